The number of methoxy groups -OCH3 is 1. The number of aryl methyl sites for hydroxylation is 1. The van der Waals surface area contributed by atoms with Crippen molar-refractivity contribution >= 4 is 28.9 Å². The molecule has 1 aromatic heterocycles. The van der Waals surface area contributed by atoms with Crippen molar-refractivity contribution in [1.29, 1.82) is 0 Å². The molecule has 0 saturated heterocycles. The number of benzene rings is 1. The van der Waals surface area contributed by atoms with Crippen molar-refractivity contribution in [2.45, 2.75) is 46.0 Å². The number of carbonyl (C=O) groups excluding carboxylic acids is 1. The maximum atomic E-state index is 12.8. The standard InChI is InChI=1S/C23H26N4O4/c1-12-17(22(28)31-4)18(13-6-5-7-14(10-13)27(29)30)19-20(24)15-11-23(2,3)9-8-16(15)26-21(19)25-12/h5-7,10,17-18H,8-9,11H2,1-4H3,(H2,24,26). The third-order valence-electron chi connectivity index (χ3n) is 6.41. The number of nitro groups is 1. The number of fused-ring (bicyclic) bond motifs is 2. The molecule has 0 radical (unpaired) electrons. The first-order valence-corrected chi connectivity index (χ1v) is 10.3. The summed E-state index contributed by atoms with van der Waals surface area (Å²) < 4.78 is 5.08. The lowest BCUT2D eigenvalue weighted by Gasteiger charge is -2.36. The van der Waals surface area contributed by atoms with E-state index in [1.807, 2.05) is 0 Å². The zero-order chi connectivity index (χ0) is 22.5. The molecule has 8 heteroatoms. The Bertz CT molecular complexity index is 1120. The number of nitrogens with two attached hydrogens (primary N) is 1. The topological polar surface area (TPSA) is 121 Å². The molecule has 4 rings (SSSR count). The van der Waals surface area contributed by atoms with Gasteiger partial charge in [0, 0.05) is 40.7 Å². The van der Waals surface area contributed by atoms with Gasteiger partial charge in [0.2, 0.25) is 0 Å². The molecule has 8 nitrogen and oxygen atoms in total. The van der Waals surface area contributed by atoms with Gasteiger partial charge in [0.05, 0.1) is 12.0 Å². The summed E-state index contributed by atoms with van der Waals surface area (Å²) in [7, 11) is 1.33. The first kappa shape index (κ1) is 21.0. The number of aromatic nitrogens is 1. The number of pyridine rings is 1. The van der Waals surface area contributed by atoms with Crippen molar-refractivity contribution in [3.8, 4) is 0 Å². The molecule has 0 amide bonds. The molecule has 1 aromatic carbocycles. The van der Waals surface area contributed by atoms with Crippen LogP contribution < -0.4 is 5.73 Å². The Morgan fingerprint density at radius 3 is 2.77 bits per heavy atom. The lowest BCUT2D eigenvalue weighted by molar-refractivity contribution is -0.384. The number of esters is 1. The van der Waals surface area contributed by atoms with Crippen molar-refractivity contribution in [2.75, 3.05) is 12.8 Å². The van der Waals surface area contributed by atoms with Crippen LogP contribution in [-0.4, -0.2) is 28.7 Å². The number of non-ortho nitro benzene ring substituents is 1. The van der Waals surface area contributed by atoms with Gasteiger partial charge >= 0.3 is 5.97 Å². The van der Waals surface area contributed by atoms with Crippen LogP contribution in [0.4, 0.5) is 17.2 Å². The smallest absolute Gasteiger partial charge is 0.315 e. The predicted octanol–water partition coefficient (Wildman–Crippen LogP) is 4.11. The minimum Gasteiger partial charge on any atom is -0.468 e. The van der Waals surface area contributed by atoms with Gasteiger partial charge in [-0.05, 0) is 42.7 Å². The molecule has 0 fully saturated rings. The number of hydrogen-bond acceptors (Lipinski definition) is 7. The van der Waals surface area contributed by atoms with Gasteiger partial charge in [-0.15, -0.1) is 0 Å². The predicted molar refractivity (Wildman–Crippen MR) is 118 cm³/mol. The summed E-state index contributed by atoms with van der Waals surface area (Å²) in [6, 6.07) is 6.32. The Kier molecular flexibility index (Phi) is 5.03. The molecule has 162 valence electrons. The van der Waals surface area contributed by atoms with E-state index in [-0.39, 0.29) is 11.1 Å². The van der Waals surface area contributed by atoms with Crippen LogP contribution in [-0.2, 0) is 22.4 Å². The Morgan fingerprint density at radius 1 is 1.35 bits per heavy atom. The van der Waals surface area contributed by atoms with Crippen molar-refractivity contribution < 1.29 is 14.5 Å². The molecule has 2 heterocycles. The van der Waals surface area contributed by atoms with Crippen molar-refractivity contribution in [3.63, 3.8) is 0 Å². The van der Waals surface area contributed by atoms with Gasteiger partial charge < -0.3 is 10.5 Å². The van der Waals surface area contributed by atoms with Crippen LogP contribution in [0.1, 0.15) is 55.5 Å². The molecule has 31 heavy (non-hydrogen) atoms. The largest absolute Gasteiger partial charge is 0.468 e. The van der Waals surface area contributed by atoms with Gasteiger partial charge in [0.15, 0.2) is 5.82 Å². The minimum atomic E-state index is -0.738. The second kappa shape index (κ2) is 7.44. The quantitative estimate of drug-likeness (QED) is 0.451. The zero-order valence-electron chi connectivity index (χ0n) is 18.1. The van der Waals surface area contributed by atoms with Crippen molar-refractivity contribution in [1.82, 2.24) is 4.98 Å². The number of nitrogen functional groups attached to an aromatic ring is 1. The first-order valence-electron chi connectivity index (χ1n) is 10.3. The van der Waals surface area contributed by atoms with E-state index in [1.54, 1.807) is 19.1 Å². The third kappa shape index (κ3) is 3.56. The van der Waals surface area contributed by atoms with E-state index in [2.05, 4.69) is 18.8 Å². The lowest BCUT2D eigenvalue weighted by atomic mass is 9.72. The SMILES string of the molecule is COC(=O)C1C(C)=Nc2nc3c(c(N)c2C1c1cccc([N+](=O)[O-])c1)CC(C)(C)CC3. The maximum absolute atomic E-state index is 12.8. The van der Waals surface area contributed by atoms with Crippen LogP contribution in [0.2, 0.25) is 0 Å². The minimum absolute atomic E-state index is 0.0477. The number of aliphatic imine (C=N–C) groups is 1. The molecule has 2 unspecified atom stereocenters. The molecule has 2 atom stereocenters. The van der Waals surface area contributed by atoms with Crippen molar-refractivity contribution in [3.05, 3.63) is 56.8 Å². The fraction of sp³-hybridized carbons (Fsp3) is 0.435. The fourth-order valence-electron chi connectivity index (χ4n) is 4.78. The molecule has 0 bridgehead atoms. The number of nitrogens with zero attached hydrogens (tertiary/aromatic N) is 3. The molecule has 2 aliphatic rings. The Hall–Kier alpha value is -3.29. The van der Waals surface area contributed by atoms with Gasteiger partial charge in [-0.1, -0.05) is 26.0 Å². The van der Waals surface area contributed by atoms with E-state index < -0.39 is 22.7 Å². The lowest BCUT2D eigenvalue weighted by Crippen LogP contribution is -2.34. The number of anilines is 1. The fourth-order valence-corrected chi connectivity index (χ4v) is 4.78. The third-order valence-corrected chi connectivity index (χ3v) is 6.41. The summed E-state index contributed by atoms with van der Waals surface area (Å²) in [5, 5.41) is 11.4. The van der Waals surface area contributed by atoms with E-state index in [0.717, 1.165) is 30.5 Å². The Balaban J connectivity index is 1.98. The average Bonchev–Trinajstić information content (AvgIpc) is 2.73. The zero-order valence-corrected chi connectivity index (χ0v) is 18.1. The number of rotatable bonds is 3. The van der Waals surface area contributed by atoms with E-state index in [1.165, 1.54) is 19.2 Å². The summed E-state index contributed by atoms with van der Waals surface area (Å²) >= 11 is 0. The van der Waals surface area contributed by atoms with E-state index in [9.17, 15) is 14.9 Å². The maximum Gasteiger partial charge on any atom is 0.315 e. The molecule has 1 aliphatic heterocycles. The number of carbonyl (C=O) groups is 1. The van der Waals surface area contributed by atoms with Crippen LogP contribution >= 0.6 is 0 Å². The number of ether oxygens (including phenoxy) is 1. The molecule has 2 N–H and O–H groups in total. The van der Waals surface area contributed by atoms with Crippen LogP contribution in [0.15, 0.2) is 29.3 Å². The molecule has 2 aromatic rings. The highest BCUT2D eigenvalue weighted by Crippen LogP contribution is 2.49. The first-order chi connectivity index (χ1) is 14.6. The highest BCUT2D eigenvalue weighted by Gasteiger charge is 2.42. The van der Waals surface area contributed by atoms with Gasteiger partial charge in [-0.25, -0.2) is 9.98 Å². The highest BCUT2D eigenvalue weighted by atomic mass is 16.6. The normalized spacial score (nSPS) is 21.5. The monoisotopic (exact) mass is 422 g/mol. The van der Waals surface area contributed by atoms with Crippen LogP contribution in [0.3, 0.4) is 0 Å². The van der Waals surface area contributed by atoms with Gasteiger partial charge in [-0.2, -0.15) is 0 Å². The van der Waals surface area contributed by atoms with Crippen LogP contribution in [0.25, 0.3) is 0 Å². The van der Waals surface area contributed by atoms with Crippen LogP contribution in [0, 0.1) is 21.4 Å². The van der Waals surface area contributed by atoms with Crippen molar-refractivity contribution in [2.24, 2.45) is 16.3 Å². The summed E-state index contributed by atoms with van der Waals surface area (Å²) in [5.74, 6) is -1.27. The molecule has 0 saturated carbocycles. The Morgan fingerprint density at radius 2 is 2.10 bits per heavy atom. The van der Waals surface area contributed by atoms with Gasteiger partial charge in [-0.3, -0.25) is 14.9 Å². The second-order valence-corrected chi connectivity index (χ2v) is 9.11. The molecule has 1 aliphatic carbocycles. The van der Waals surface area contributed by atoms with E-state index >= 15 is 0 Å². The van der Waals surface area contributed by atoms with Crippen LogP contribution in [0.5, 0.6) is 0 Å². The summed E-state index contributed by atoms with van der Waals surface area (Å²) in [6.07, 6.45) is 2.60. The molecular formula is C23H26N4O4. The molecular weight excluding hydrogens is 396 g/mol. The molecule has 0 spiro atoms. The number of hydrogen-bond donors (Lipinski definition) is 1. The highest BCUT2D eigenvalue weighted by molar-refractivity contribution is 6.05. The summed E-state index contributed by atoms with van der Waals surface area (Å²) in [5.41, 5.74) is 11.1. The van der Waals surface area contributed by atoms with E-state index in [4.69, 9.17) is 15.5 Å². The summed E-state index contributed by atoms with van der Waals surface area (Å²) in [4.78, 5) is 33.2. The average molecular weight is 422 g/mol. The van der Waals surface area contributed by atoms with E-state index in [0.29, 0.717) is 28.3 Å². The second-order valence-electron chi connectivity index (χ2n) is 9.11. The number of nitro benzene ring substituents is 1. The van der Waals surface area contributed by atoms with Gasteiger partial charge in [0.1, 0.15) is 5.92 Å². The summed E-state index contributed by atoms with van der Waals surface area (Å²) in [6.45, 7) is 6.16. The Labute approximate surface area is 180 Å². The van der Waals surface area contributed by atoms with Gasteiger partial charge in [0.25, 0.3) is 5.69 Å².